The van der Waals surface area contributed by atoms with Crippen LogP contribution in [-0.4, -0.2) is 24.3 Å². The molecule has 3 heteroatoms. The van der Waals surface area contributed by atoms with Crippen LogP contribution in [0.2, 0.25) is 0 Å². The quantitative estimate of drug-likeness (QED) is 0.438. The maximum Gasteiger partial charge on any atom is 0.330 e. The second-order valence-corrected chi connectivity index (χ2v) is 3.76. The smallest absolute Gasteiger partial charge is 0.330 e. The lowest BCUT2D eigenvalue weighted by atomic mass is 9.95. The molecule has 0 saturated heterocycles. The lowest BCUT2D eigenvalue weighted by Crippen LogP contribution is -2.07. The fourth-order valence-electron chi connectivity index (χ4n) is 1.68. The van der Waals surface area contributed by atoms with Gasteiger partial charge in [-0.05, 0) is 38.2 Å². The van der Waals surface area contributed by atoms with Crippen molar-refractivity contribution in [2.75, 3.05) is 7.11 Å². The van der Waals surface area contributed by atoms with E-state index in [1.807, 2.05) is 0 Å². The molecule has 0 bridgehead atoms. The summed E-state index contributed by atoms with van der Waals surface area (Å²) in [5.41, 5.74) is 1.29. The molecule has 0 amide bonds. The fourth-order valence-corrected chi connectivity index (χ4v) is 1.68. The monoisotopic (exact) mass is 210 g/mol. The van der Waals surface area contributed by atoms with E-state index in [-0.39, 0.29) is 0 Å². The van der Waals surface area contributed by atoms with E-state index in [1.54, 1.807) is 0 Å². The van der Waals surface area contributed by atoms with Crippen LogP contribution in [0.4, 0.5) is 0 Å². The van der Waals surface area contributed by atoms with Crippen LogP contribution in [0.3, 0.4) is 0 Å². The minimum Gasteiger partial charge on any atom is -0.466 e. The van der Waals surface area contributed by atoms with E-state index >= 15 is 0 Å². The van der Waals surface area contributed by atoms with Gasteiger partial charge in [-0.25, -0.2) is 4.79 Å². The number of aliphatic hydroxyl groups excluding tert-OH is 1. The summed E-state index contributed by atoms with van der Waals surface area (Å²) < 4.78 is 4.44. The van der Waals surface area contributed by atoms with Gasteiger partial charge in [0.2, 0.25) is 0 Å². The molecule has 1 aliphatic carbocycles. The molecule has 1 atom stereocenters. The van der Waals surface area contributed by atoms with Gasteiger partial charge in [0, 0.05) is 6.08 Å². The molecule has 0 aromatic heterocycles. The first-order chi connectivity index (χ1) is 7.22. The molecule has 1 aliphatic rings. The first-order valence-electron chi connectivity index (χ1n) is 5.34. The number of allylic oxidation sites excluding steroid dienone is 1. The van der Waals surface area contributed by atoms with E-state index in [0.29, 0.717) is 6.42 Å². The van der Waals surface area contributed by atoms with Gasteiger partial charge in [-0.2, -0.15) is 0 Å². The summed E-state index contributed by atoms with van der Waals surface area (Å²) in [6.45, 7) is 0. The van der Waals surface area contributed by atoms with Gasteiger partial charge in [-0.15, -0.1) is 0 Å². The Labute approximate surface area is 90.4 Å². The number of esters is 1. The molecule has 0 unspecified atom stereocenters. The highest BCUT2D eigenvalue weighted by Crippen LogP contribution is 2.21. The van der Waals surface area contributed by atoms with Crippen molar-refractivity contribution in [2.45, 2.75) is 38.2 Å². The van der Waals surface area contributed by atoms with Crippen LogP contribution >= 0.6 is 0 Å². The standard InChI is InChI=1S/C12H18O3/c1-15-12(14)8-7-11(13)9-10-5-3-2-4-6-10/h5,7-8,11,13H,2-4,6,9H2,1H3/b8-7+/t11-/m0/s1. The molecule has 0 aromatic carbocycles. The molecule has 0 aromatic rings. The number of carbonyl (C=O) groups is 1. The van der Waals surface area contributed by atoms with Gasteiger partial charge in [0.05, 0.1) is 13.2 Å². The zero-order chi connectivity index (χ0) is 11.1. The summed E-state index contributed by atoms with van der Waals surface area (Å²) in [5.74, 6) is -0.424. The van der Waals surface area contributed by atoms with Crippen molar-refractivity contribution in [1.82, 2.24) is 0 Å². The van der Waals surface area contributed by atoms with Gasteiger partial charge in [-0.1, -0.05) is 11.6 Å². The Balaban J connectivity index is 2.34. The molecule has 0 saturated carbocycles. The van der Waals surface area contributed by atoms with Gasteiger partial charge in [0.15, 0.2) is 0 Å². The predicted octanol–water partition coefficient (Wildman–Crippen LogP) is 1.97. The van der Waals surface area contributed by atoms with Crippen molar-refractivity contribution >= 4 is 5.97 Å². The van der Waals surface area contributed by atoms with Crippen LogP contribution in [0.1, 0.15) is 32.1 Å². The number of hydrogen-bond donors (Lipinski definition) is 1. The molecule has 15 heavy (non-hydrogen) atoms. The van der Waals surface area contributed by atoms with E-state index in [1.165, 1.54) is 37.7 Å². The predicted molar refractivity (Wildman–Crippen MR) is 58.3 cm³/mol. The maximum absolute atomic E-state index is 10.8. The molecule has 0 heterocycles. The van der Waals surface area contributed by atoms with Crippen molar-refractivity contribution in [1.29, 1.82) is 0 Å². The summed E-state index contributed by atoms with van der Waals surface area (Å²) in [6, 6.07) is 0. The number of ether oxygens (including phenoxy) is 1. The van der Waals surface area contributed by atoms with Gasteiger partial charge < -0.3 is 9.84 Å². The van der Waals surface area contributed by atoms with E-state index in [9.17, 15) is 9.90 Å². The van der Waals surface area contributed by atoms with Crippen LogP contribution in [0.15, 0.2) is 23.8 Å². The highest BCUT2D eigenvalue weighted by molar-refractivity contribution is 5.81. The second kappa shape index (κ2) is 6.40. The minimum atomic E-state index is -0.576. The topological polar surface area (TPSA) is 46.5 Å². The summed E-state index contributed by atoms with van der Waals surface area (Å²) in [6.07, 6.45) is 9.65. The summed E-state index contributed by atoms with van der Waals surface area (Å²) >= 11 is 0. The van der Waals surface area contributed by atoms with E-state index in [0.717, 1.165) is 12.8 Å². The summed E-state index contributed by atoms with van der Waals surface area (Å²) in [7, 11) is 1.32. The molecule has 0 spiro atoms. The van der Waals surface area contributed by atoms with Crippen molar-refractivity contribution in [3.8, 4) is 0 Å². The molecule has 84 valence electrons. The Kier molecular flexibility index (Phi) is 5.12. The third kappa shape index (κ3) is 4.79. The Morgan fingerprint density at radius 3 is 3.07 bits per heavy atom. The molecule has 0 radical (unpaired) electrons. The molecule has 1 rings (SSSR count). The third-order valence-corrected chi connectivity index (χ3v) is 2.51. The number of hydrogen-bond acceptors (Lipinski definition) is 3. The average molecular weight is 210 g/mol. The SMILES string of the molecule is COC(=O)/C=C/[C@H](O)CC1=CCCCC1. The zero-order valence-corrected chi connectivity index (χ0v) is 9.11. The summed E-state index contributed by atoms with van der Waals surface area (Å²) in [5, 5.41) is 9.61. The van der Waals surface area contributed by atoms with Crippen LogP contribution in [-0.2, 0) is 9.53 Å². The Morgan fingerprint density at radius 2 is 2.47 bits per heavy atom. The molecule has 0 fully saturated rings. The van der Waals surface area contributed by atoms with E-state index in [2.05, 4.69) is 10.8 Å². The highest BCUT2D eigenvalue weighted by Gasteiger charge is 2.08. The molecular weight excluding hydrogens is 192 g/mol. The van der Waals surface area contributed by atoms with Gasteiger partial charge in [0.25, 0.3) is 0 Å². The van der Waals surface area contributed by atoms with Crippen LogP contribution in [0.5, 0.6) is 0 Å². The van der Waals surface area contributed by atoms with Crippen LogP contribution in [0, 0.1) is 0 Å². The van der Waals surface area contributed by atoms with Gasteiger partial charge in [-0.3, -0.25) is 0 Å². The minimum absolute atomic E-state index is 0.424. The van der Waals surface area contributed by atoms with E-state index in [4.69, 9.17) is 0 Å². The number of rotatable bonds is 4. The summed E-state index contributed by atoms with van der Waals surface area (Å²) in [4.78, 5) is 10.8. The lowest BCUT2D eigenvalue weighted by molar-refractivity contribution is -0.134. The van der Waals surface area contributed by atoms with Gasteiger partial charge in [0.1, 0.15) is 0 Å². The zero-order valence-electron chi connectivity index (χ0n) is 9.11. The van der Waals surface area contributed by atoms with Gasteiger partial charge >= 0.3 is 5.97 Å². The van der Waals surface area contributed by atoms with Crippen molar-refractivity contribution < 1.29 is 14.6 Å². The maximum atomic E-state index is 10.8. The lowest BCUT2D eigenvalue weighted by Gasteiger charge is -2.14. The van der Waals surface area contributed by atoms with E-state index < -0.39 is 12.1 Å². The molecule has 1 N–H and O–H groups in total. The normalized spacial score (nSPS) is 18.7. The van der Waals surface area contributed by atoms with Crippen molar-refractivity contribution in [2.24, 2.45) is 0 Å². The Bertz CT molecular complexity index is 266. The Hall–Kier alpha value is -1.09. The average Bonchev–Trinajstić information content (AvgIpc) is 2.27. The number of methoxy groups -OCH3 is 1. The van der Waals surface area contributed by atoms with Crippen molar-refractivity contribution in [3.05, 3.63) is 23.8 Å². The number of aliphatic hydroxyl groups is 1. The molecular formula is C12H18O3. The number of carbonyl (C=O) groups excluding carboxylic acids is 1. The molecule has 3 nitrogen and oxygen atoms in total. The van der Waals surface area contributed by atoms with Crippen LogP contribution < -0.4 is 0 Å². The largest absolute Gasteiger partial charge is 0.466 e. The highest BCUT2D eigenvalue weighted by atomic mass is 16.5. The first-order valence-corrected chi connectivity index (χ1v) is 5.34. The molecule has 0 aliphatic heterocycles. The fraction of sp³-hybridized carbons (Fsp3) is 0.583. The van der Waals surface area contributed by atoms with Crippen LogP contribution in [0.25, 0.3) is 0 Å². The third-order valence-electron chi connectivity index (χ3n) is 2.51. The first kappa shape index (κ1) is 12.0. The second-order valence-electron chi connectivity index (χ2n) is 3.76. The Morgan fingerprint density at radius 1 is 1.67 bits per heavy atom. The van der Waals surface area contributed by atoms with Crippen molar-refractivity contribution in [3.63, 3.8) is 0 Å².